The van der Waals surface area contributed by atoms with Crippen molar-refractivity contribution in [1.29, 1.82) is 0 Å². The molecular weight excluding hydrogens is 1460 g/mol. The van der Waals surface area contributed by atoms with Crippen LogP contribution in [0.2, 0.25) is 0 Å². The van der Waals surface area contributed by atoms with E-state index in [1.165, 1.54) is 48.2 Å². The van der Waals surface area contributed by atoms with Crippen LogP contribution in [0.25, 0.3) is 46.5 Å². The molecule has 1 unspecified atom stereocenters. The molecule has 17 nitrogen and oxygen atoms in total. The minimum atomic E-state index is -0.577. The zero-order chi connectivity index (χ0) is 72.9. The third-order valence-corrected chi connectivity index (χ3v) is 19.6. The number of aryl methyl sites for hydroxylation is 3. The van der Waals surface area contributed by atoms with Crippen molar-refractivity contribution in [2.24, 2.45) is 4.99 Å². The highest BCUT2D eigenvalue weighted by molar-refractivity contribution is 9.11. The maximum Gasteiger partial charge on any atom is 0.347 e. The lowest BCUT2D eigenvalue weighted by Crippen LogP contribution is -2.22. The number of para-hydroxylation sites is 2. The molecule has 0 bridgehead atoms. The molecule has 21 heteroatoms. The van der Waals surface area contributed by atoms with Crippen molar-refractivity contribution in [2.75, 3.05) is 20.8 Å². The number of ketones is 2. The molecule has 0 radical (unpaired) electrons. The van der Waals surface area contributed by atoms with Gasteiger partial charge in [0.05, 0.1) is 53.0 Å². The fourth-order valence-electron chi connectivity index (χ4n) is 11.0. The highest BCUT2D eigenvalue weighted by Gasteiger charge is 2.33. The number of halogens is 2. The molecule has 0 saturated heterocycles. The number of hydrogen-bond acceptors (Lipinski definition) is 18. The Bertz CT molecular complexity index is 5250. The SMILES string of the molecule is CC(=O)Oc1c(Br)cc(Br)cc1C=C1C(=O)c2ccccc2C1=O.CCOC(=O)c1c(N=Cc2cc(OC)ccc2O)sc(C)c1C.COc1ccc(O)c(C2CC(c3c(O)cc(C)oc3=O)=Cc3ccccc3S2)c1.Cc1ccc(/C=C\c2nc3ccccc3c(=O)n2-c2ccccc2)cc1. The topological polar surface area (TPSA) is 243 Å². The molecule has 11 aromatic rings. The van der Waals surface area contributed by atoms with Crippen LogP contribution in [0, 0.1) is 27.7 Å². The number of carbonyl (C=O) groups excluding carboxylic acids is 4. The number of aromatic nitrogens is 2. The van der Waals surface area contributed by atoms with Crippen molar-refractivity contribution in [3.63, 3.8) is 0 Å². The molecule has 8 aromatic carbocycles. The molecule has 3 N–H and O–H groups in total. The van der Waals surface area contributed by atoms with E-state index in [9.17, 15) is 44.1 Å². The Hall–Kier alpha value is -11.0. The van der Waals surface area contributed by atoms with E-state index in [1.807, 2.05) is 111 Å². The van der Waals surface area contributed by atoms with Gasteiger partial charge in [0.15, 0.2) is 17.3 Å². The van der Waals surface area contributed by atoms with Gasteiger partial charge in [-0.2, -0.15) is 0 Å². The fraction of sp³-hybridized carbons (Fsp3) is 0.136. The number of fused-ring (bicyclic) bond motifs is 3. The first-order valence-corrected chi connectivity index (χ1v) is 35.1. The van der Waals surface area contributed by atoms with Crippen molar-refractivity contribution in [2.45, 2.75) is 58.1 Å². The first kappa shape index (κ1) is 73.7. The molecule has 4 heterocycles. The molecule has 0 fully saturated rings. The lowest BCUT2D eigenvalue weighted by atomic mass is 9.96. The zero-order valence-corrected chi connectivity index (χ0v) is 61.3. The van der Waals surface area contributed by atoms with Gasteiger partial charge >= 0.3 is 17.6 Å². The summed E-state index contributed by atoms with van der Waals surface area (Å²) in [5, 5.41) is 31.9. The number of Topliss-reactive ketones (excluding diaryl/α,β-unsaturated/α-hetero) is 2. The third-order valence-electron chi connectivity index (χ3n) is 16.1. The summed E-state index contributed by atoms with van der Waals surface area (Å²) < 4.78 is 28.9. The second-order valence-electron chi connectivity index (χ2n) is 23.1. The summed E-state index contributed by atoms with van der Waals surface area (Å²) in [5.41, 5.74) is 8.74. The van der Waals surface area contributed by atoms with Crippen LogP contribution in [-0.4, -0.2) is 75.4 Å². The number of methoxy groups -OCH3 is 2. The predicted molar refractivity (Wildman–Crippen MR) is 409 cm³/mol. The first-order valence-electron chi connectivity index (χ1n) is 31.8. The third kappa shape index (κ3) is 17.4. The summed E-state index contributed by atoms with van der Waals surface area (Å²) in [7, 11) is 3.13. The molecule has 0 amide bonds. The quantitative estimate of drug-likeness (QED) is 0.0319. The van der Waals surface area contributed by atoms with Crippen LogP contribution in [0.15, 0.2) is 220 Å². The predicted octanol–water partition coefficient (Wildman–Crippen LogP) is 18.6. The van der Waals surface area contributed by atoms with E-state index in [0.717, 1.165) is 32.2 Å². The van der Waals surface area contributed by atoms with E-state index in [1.54, 1.807) is 111 Å². The highest BCUT2D eigenvalue weighted by atomic mass is 79.9. The molecular formula is C81H67Br2N3O14S2. The lowest BCUT2D eigenvalue weighted by molar-refractivity contribution is -0.131. The Balaban J connectivity index is 0.000000147. The Morgan fingerprint density at radius 3 is 2.04 bits per heavy atom. The molecule has 13 rings (SSSR count). The average Bonchev–Trinajstić information content (AvgIpc) is 1.33. The van der Waals surface area contributed by atoms with Crippen molar-refractivity contribution >= 4 is 130 Å². The molecule has 102 heavy (non-hydrogen) atoms. The summed E-state index contributed by atoms with van der Waals surface area (Å²) in [5.74, 6) is 1.08. The molecule has 1 aliphatic heterocycles. The van der Waals surface area contributed by atoms with E-state index in [-0.39, 0.29) is 62.5 Å². The number of ether oxygens (including phenoxy) is 4. The number of benzene rings is 8. The smallest absolute Gasteiger partial charge is 0.347 e. The van der Waals surface area contributed by atoms with Crippen LogP contribution in [0.3, 0.4) is 0 Å². The number of aliphatic imine (C=N–C) groups is 1. The van der Waals surface area contributed by atoms with Crippen LogP contribution in [-0.2, 0) is 9.53 Å². The number of nitrogens with zero attached hydrogens (tertiary/aromatic N) is 3. The van der Waals surface area contributed by atoms with E-state index >= 15 is 0 Å². The van der Waals surface area contributed by atoms with Crippen LogP contribution in [0.5, 0.6) is 34.5 Å². The molecule has 0 saturated carbocycles. The number of thioether (sulfide) groups is 1. The Morgan fingerprint density at radius 2 is 1.36 bits per heavy atom. The lowest BCUT2D eigenvalue weighted by Gasteiger charge is -2.19. The van der Waals surface area contributed by atoms with Gasteiger partial charge in [-0.3, -0.25) is 23.7 Å². The normalized spacial score (nSPS) is 12.9. The minimum Gasteiger partial charge on any atom is -0.508 e. The number of thiophene rings is 1. The van der Waals surface area contributed by atoms with Gasteiger partial charge in [0.1, 0.15) is 50.9 Å². The molecule has 1 atom stereocenters. The summed E-state index contributed by atoms with van der Waals surface area (Å²) in [4.78, 5) is 85.2. The summed E-state index contributed by atoms with van der Waals surface area (Å²) in [6, 6.07) is 54.6. The van der Waals surface area contributed by atoms with E-state index in [2.05, 4.69) is 68.0 Å². The Labute approximate surface area is 612 Å². The number of allylic oxidation sites excluding steroid dienone is 2. The molecule has 0 spiro atoms. The number of carbonyl (C=O) groups is 4. The average molecular weight is 1530 g/mol. The standard InChI is InChI=1S/C23H18N2O.C23H20O5S.C18H10Br2O4.C17H19NO4S/c1-17-11-13-18(14-12-17)15-16-22-24-21-10-6-5-9-20(21)23(26)25(22)19-7-3-2-4-8-19;1-13-9-19(25)22(23(26)28-13)15-10-14-5-3-4-6-20(14)29-21(11-15)17-12-16(27-2)7-8-18(17)24;1-9(21)24-18-10(6-11(19)8-15(18)20)7-14-16(22)12-4-2-3-5-13(12)17(14)23;1-5-22-17(20)15-10(2)11(3)23-16(15)18-9-12-8-13(21-4)6-7-14(12)19/h2-16H,1H3;3-10,12,21,24-25H,11H2,1-2H3;2-8H,1H3;6-9,19H,5H2,1-4H3/b16-15-;;;. The van der Waals surface area contributed by atoms with Crippen LogP contribution in [0.1, 0.15) is 118 Å². The molecule has 2 aliphatic rings. The second-order valence-corrected chi connectivity index (χ2v) is 27.3. The number of esters is 2. The monoisotopic (exact) mass is 1530 g/mol. The van der Waals surface area contributed by atoms with E-state index < -0.39 is 11.6 Å². The largest absolute Gasteiger partial charge is 0.508 e. The van der Waals surface area contributed by atoms with Gasteiger partial charge in [0.2, 0.25) is 0 Å². The number of rotatable bonds is 13. The van der Waals surface area contributed by atoms with Crippen molar-refractivity contribution in [3.05, 3.63) is 295 Å². The van der Waals surface area contributed by atoms with Gasteiger partial charge < -0.3 is 38.7 Å². The van der Waals surface area contributed by atoms with Crippen molar-refractivity contribution in [1.82, 2.24) is 9.55 Å². The van der Waals surface area contributed by atoms with Crippen molar-refractivity contribution in [3.8, 4) is 40.2 Å². The first-order chi connectivity index (χ1) is 49.0. The van der Waals surface area contributed by atoms with Gasteiger partial charge in [0, 0.05) is 66.5 Å². The van der Waals surface area contributed by atoms with E-state index in [4.69, 9.17) is 28.3 Å². The molecule has 3 aromatic heterocycles. The fourth-order valence-corrected chi connectivity index (χ4v) is 14.6. The van der Waals surface area contributed by atoms with Gasteiger partial charge in [-0.05, 0) is 176 Å². The van der Waals surface area contributed by atoms with Gasteiger partial charge in [-0.15, -0.1) is 23.1 Å². The molecule has 1 aliphatic carbocycles. The van der Waals surface area contributed by atoms with E-state index in [0.29, 0.717) is 99.9 Å². The van der Waals surface area contributed by atoms with Gasteiger partial charge in [0.25, 0.3) is 5.56 Å². The maximum atomic E-state index is 13.1. The Kier molecular flexibility index (Phi) is 24.2. The minimum absolute atomic E-state index is 0.0506. The van der Waals surface area contributed by atoms with Gasteiger partial charge in [-0.25, -0.2) is 19.6 Å². The Morgan fingerprint density at radius 1 is 0.716 bits per heavy atom. The van der Waals surface area contributed by atoms with Crippen molar-refractivity contribution < 1.29 is 57.9 Å². The number of aromatic hydroxyl groups is 3. The van der Waals surface area contributed by atoms with Crippen LogP contribution in [0.4, 0.5) is 5.00 Å². The summed E-state index contributed by atoms with van der Waals surface area (Å²) >= 11 is 9.69. The highest BCUT2D eigenvalue weighted by Crippen LogP contribution is 2.50. The van der Waals surface area contributed by atoms with Crippen LogP contribution >= 0.6 is 55.0 Å². The van der Waals surface area contributed by atoms with Crippen LogP contribution < -0.4 is 25.4 Å². The van der Waals surface area contributed by atoms with Gasteiger partial charge in [-0.1, -0.05) is 125 Å². The molecule has 516 valence electrons. The summed E-state index contributed by atoms with van der Waals surface area (Å²) in [6.07, 6.45) is 9.17. The second kappa shape index (κ2) is 33.5. The number of hydrogen-bond donors (Lipinski definition) is 3. The maximum absolute atomic E-state index is 13.1. The zero-order valence-electron chi connectivity index (χ0n) is 56.4. The summed E-state index contributed by atoms with van der Waals surface area (Å²) in [6.45, 7) is 10.9. The number of phenols is 2. The number of phenolic OH excluding ortho intramolecular Hbond substituents is 2.